The summed E-state index contributed by atoms with van der Waals surface area (Å²) >= 11 is 0. The summed E-state index contributed by atoms with van der Waals surface area (Å²) < 4.78 is 0. The van der Waals surface area contributed by atoms with Gasteiger partial charge in [0.2, 0.25) is 0 Å². The molecule has 0 spiro atoms. The molecular weight excluding hydrogens is 198 g/mol. The van der Waals surface area contributed by atoms with Crippen LogP contribution in [0.2, 0.25) is 0 Å². The molecule has 0 bridgehead atoms. The van der Waals surface area contributed by atoms with Gasteiger partial charge in [-0.25, -0.2) is 0 Å². The Hall–Kier alpha value is -1.64. The molecule has 0 atom stereocenters. The number of nitrogens with one attached hydrogen (secondary N) is 2. The van der Waals surface area contributed by atoms with Gasteiger partial charge in [0.05, 0.1) is 0 Å². The van der Waals surface area contributed by atoms with E-state index in [9.17, 15) is 0 Å². The third-order valence-electron chi connectivity index (χ3n) is 2.96. The zero-order valence-electron chi connectivity index (χ0n) is 9.59. The molecule has 0 radical (unpaired) electrons. The standard InChI is InChI=1S/C13H17N3/c1-2-3-6-9-16-12(14)10-7-4-5-8-11(10)13(16)15/h4-5,7-8,14-15H,2-3,6,9H2,1H3. The summed E-state index contributed by atoms with van der Waals surface area (Å²) in [6, 6.07) is 7.70. The second kappa shape index (κ2) is 4.47. The van der Waals surface area contributed by atoms with E-state index in [1.165, 1.54) is 6.42 Å². The summed E-state index contributed by atoms with van der Waals surface area (Å²) in [5.74, 6) is 0.966. The lowest BCUT2D eigenvalue weighted by atomic mass is 10.1. The highest BCUT2D eigenvalue weighted by Crippen LogP contribution is 2.22. The molecule has 1 aromatic carbocycles. The first kappa shape index (κ1) is 10.9. The fourth-order valence-corrected chi connectivity index (χ4v) is 2.04. The number of fused-ring (bicyclic) bond motifs is 1. The fraction of sp³-hybridized carbons (Fsp3) is 0.385. The highest BCUT2D eigenvalue weighted by molar-refractivity contribution is 6.23. The molecule has 1 heterocycles. The van der Waals surface area contributed by atoms with E-state index in [1.54, 1.807) is 4.90 Å². The normalized spacial score (nSPS) is 14.4. The Morgan fingerprint density at radius 1 is 1.00 bits per heavy atom. The molecule has 2 rings (SSSR count). The molecule has 0 fully saturated rings. The number of rotatable bonds is 4. The molecule has 1 aliphatic heterocycles. The van der Waals surface area contributed by atoms with Crippen molar-refractivity contribution in [1.82, 2.24) is 4.90 Å². The zero-order chi connectivity index (χ0) is 11.5. The maximum Gasteiger partial charge on any atom is 0.134 e. The maximum absolute atomic E-state index is 8.04. The first-order valence-electron chi connectivity index (χ1n) is 5.80. The quantitative estimate of drug-likeness (QED) is 0.745. The van der Waals surface area contributed by atoms with Crippen molar-refractivity contribution in [1.29, 1.82) is 10.8 Å². The molecule has 3 nitrogen and oxygen atoms in total. The summed E-state index contributed by atoms with van der Waals surface area (Å²) in [7, 11) is 0. The molecule has 0 saturated heterocycles. The monoisotopic (exact) mass is 215 g/mol. The molecule has 0 aromatic heterocycles. The average molecular weight is 215 g/mol. The van der Waals surface area contributed by atoms with Crippen molar-refractivity contribution < 1.29 is 0 Å². The van der Waals surface area contributed by atoms with Crippen molar-refractivity contribution >= 4 is 11.7 Å². The van der Waals surface area contributed by atoms with E-state index < -0.39 is 0 Å². The molecular formula is C13H17N3. The predicted molar refractivity (Wildman–Crippen MR) is 66.3 cm³/mol. The van der Waals surface area contributed by atoms with Crippen LogP contribution in [0.4, 0.5) is 0 Å². The van der Waals surface area contributed by atoms with E-state index in [1.807, 2.05) is 24.3 Å². The molecule has 2 N–H and O–H groups in total. The minimum Gasteiger partial charge on any atom is -0.311 e. The van der Waals surface area contributed by atoms with Gasteiger partial charge in [0.25, 0.3) is 0 Å². The average Bonchev–Trinajstić information content (AvgIpc) is 2.55. The molecule has 3 heteroatoms. The number of unbranched alkanes of at least 4 members (excludes halogenated alkanes) is 2. The van der Waals surface area contributed by atoms with E-state index in [0.29, 0.717) is 11.7 Å². The largest absolute Gasteiger partial charge is 0.311 e. The van der Waals surface area contributed by atoms with Crippen molar-refractivity contribution in [3.63, 3.8) is 0 Å². The SMILES string of the molecule is CCCCCN1C(=N)c2ccccc2C1=N. The highest BCUT2D eigenvalue weighted by atomic mass is 15.2. The first-order chi connectivity index (χ1) is 7.75. The Labute approximate surface area is 96.1 Å². The number of hydrogen-bond donors (Lipinski definition) is 2. The minimum atomic E-state index is 0.483. The molecule has 1 aromatic rings. The van der Waals surface area contributed by atoms with Crippen LogP contribution in [-0.4, -0.2) is 23.1 Å². The van der Waals surface area contributed by atoms with Crippen molar-refractivity contribution in [2.24, 2.45) is 0 Å². The van der Waals surface area contributed by atoms with Gasteiger partial charge in [-0.15, -0.1) is 0 Å². The van der Waals surface area contributed by atoms with Gasteiger partial charge >= 0.3 is 0 Å². The molecule has 0 unspecified atom stereocenters. The summed E-state index contributed by atoms with van der Waals surface area (Å²) in [6.07, 6.45) is 3.38. The van der Waals surface area contributed by atoms with Crippen LogP contribution in [0.25, 0.3) is 0 Å². The number of nitrogens with zero attached hydrogens (tertiary/aromatic N) is 1. The van der Waals surface area contributed by atoms with E-state index >= 15 is 0 Å². The summed E-state index contributed by atoms with van der Waals surface area (Å²) in [5.41, 5.74) is 1.79. The predicted octanol–water partition coefficient (Wildman–Crippen LogP) is 2.84. The van der Waals surface area contributed by atoms with Gasteiger partial charge in [-0.3, -0.25) is 10.8 Å². The molecule has 0 amide bonds. The topological polar surface area (TPSA) is 50.9 Å². The van der Waals surface area contributed by atoms with Gasteiger partial charge in [-0.1, -0.05) is 44.0 Å². The lowest BCUT2D eigenvalue weighted by molar-refractivity contribution is 0.555. The van der Waals surface area contributed by atoms with Crippen LogP contribution in [0.15, 0.2) is 24.3 Å². The number of amidine groups is 2. The summed E-state index contributed by atoms with van der Waals surface area (Å²) in [5, 5.41) is 16.1. The van der Waals surface area contributed by atoms with Crippen LogP contribution in [0, 0.1) is 10.8 Å². The summed E-state index contributed by atoms with van der Waals surface area (Å²) in [6.45, 7) is 2.95. The van der Waals surface area contributed by atoms with E-state index in [-0.39, 0.29) is 0 Å². The highest BCUT2D eigenvalue weighted by Gasteiger charge is 2.28. The van der Waals surface area contributed by atoms with Gasteiger partial charge in [0.1, 0.15) is 11.7 Å². The molecule has 0 aliphatic carbocycles. The smallest absolute Gasteiger partial charge is 0.134 e. The van der Waals surface area contributed by atoms with E-state index in [4.69, 9.17) is 10.8 Å². The first-order valence-corrected chi connectivity index (χ1v) is 5.80. The second-order valence-corrected chi connectivity index (χ2v) is 4.10. The van der Waals surface area contributed by atoms with Crippen LogP contribution in [0.5, 0.6) is 0 Å². The lowest BCUT2D eigenvalue weighted by Gasteiger charge is -2.17. The van der Waals surface area contributed by atoms with Crippen LogP contribution in [0.3, 0.4) is 0 Å². The van der Waals surface area contributed by atoms with Crippen LogP contribution < -0.4 is 0 Å². The van der Waals surface area contributed by atoms with Gasteiger partial charge in [0, 0.05) is 17.7 Å². The Bertz CT molecular complexity index is 388. The van der Waals surface area contributed by atoms with Gasteiger partial charge in [0.15, 0.2) is 0 Å². The Morgan fingerprint density at radius 3 is 2.06 bits per heavy atom. The number of hydrogen-bond acceptors (Lipinski definition) is 2. The molecule has 1 aliphatic rings. The third kappa shape index (κ3) is 1.73. The Morgan fingerprint density at radius 2 is 1.56 bits per heavy atom. The van der Waals surface area contributed by atoms with Crippen LogP contribution in [0.1, 0.15) is 37.3 Å². The van der Waals surface area contributed by atoms with Crippen LogP contribution >= 0.6 is 0 Å². The molecule has 84 valence electrons. The zero-order valence-corrected chi connectivity index (χ0v) is 9.59. The lowest BCUT2D eigenvalue weighted by Crippen LogP contribution is -2.30. The van der Waals surface area contributed by atoms with Gasteiger partial charge < -0.3 is 4.90 Å². The van der Waals surface area contributed by atoms with Crippen molar-refractivity contribution in [2.45, 2.75) is 26.2 Å². The fourth-order valence-electron chi connectivity index (χ4n) is 2.04. The van der Waals surface area contributed by atoms with E-state index in [2.05, 4.69) is 6.92 Å². The van der Waals surface area contributed by atoms with Gasteiger partial charge in [-0.2, -0.15) is 0 Å². The molecule has 0 saturated carbocycles. The maximum atomic E-state index is 8.04. The van der Waals surface area contributed by atoms with Crippen molar-refractivity contribution in [3.05, 3.63) is 35.4 Å². The molecule has 16 heavy (non-hydrogen) atoms. The Balaban J connectivity index is 2.15. The van der Waals surface area contributed by atoms with E-state index in [0.717, 1.165) is 30.5 Å². The van der Waals surface area contributed by atoms with Gasteiger partial charge in [-0.05, 0) is 6.42 Å². The second-order valence-electron chi connectivity index (χ2n) is 4.10. The van der Waals surface area contributed by atoms with Crippen molar-refractivity contribution in [2.75, 3.05) is 6.54 Å². The minimum absolute atomic E-state index is 0.483. The van der Waals surface area contributed by atoms with Crippen LogP contribution in [-0.2, 0) is 0 Å². The third-order valence-corrected chi connectivity index (χ3v) is 2.96. The summed E-state index contributed by atoms with van der Waals surface area (Å²) in [4.78, 5) is 1.81. The van der Waals surface area contributed by atoms with Crippen molar-refractivity contribution in [3.8, 4) is 0 Å². The Kier molecular flexibility index (Phi) is 3.04. The number of benzene rings is 1.